The van der Waals surface area contributed by atoms with Gasteiger partial charge in [0.05, 0.1) is 32.7 Å². The number of carboxylic acid groups (broad SMARTS) is 4. The van der Waals surface area contributed by atoms with Gasteiger partial charge in [0.15, 0.2) is 0 Å². The normalized spacial score (nSPS) is 21.9. The number of aromatic nitrogens is 4. The van der Waals surface area contributed by atoms with Crippen LogP contribution in [0.3, 0.4) is 0 Å². The van der Waals surface area contributed by atoms with Gasteiger partial charge in [0.25, 0.3) is 0 Å². The number of aryl methyl sites for hydroxylation is 9. The Morgan fingerprint density at radius 2 is 0.636 bits per heavy atom. The van der Waals surface area contributed by atoms with Crippen LogP contribution in [0.25, 0.3) is 0 Å². The van der Waals surface area contributed by atoms with Gasteiger partial charge in [-0.25, -0.2) is 14.6 Å². The molecule has 11 aliphatic heterocycles. The third-order valence-corrected chi connectivity index (χ3v) is 33.6. The smallest absolute Gasteiger partial charge is 0.320 e. The van der Waals surface area contributed by atoms with Crippen LogP contribution in [0.15, 0.2) is 66.7 Å². The molecular formula is C112H161N17O14. The van der Waals surface area contributed by atoms with Gasteiger partial charge in [-0.1, -0.05) is 42.5 Å². The maximum atomic E-state index is 13.0. The lowest BCUT2D eigenvalue weighted by molar-refractivity contribution is -0.142. The maximum absolute atomic E-state index is 13.0. The zero-order valence-electron chi connectivity index (χ0n) is 85.4. The summed E-state index contributed by atoms with van der Waals surface area (Å²) in [6.07, 6.45) is 40.1. The van der Waals surface area contributed by atoms with E-state index < -0.39 is 23.9 Å². The number of hydrogen-bond acceptors (Lipinski definition) is 20. The zero-order valence-corrected chi connectivity index (χ0v) is 85.4. The van der Waals surface area contributed by atoms with E-state index in [1.165, 1.54) is 164 Å². The number of nitrogens with zero attached hydrogens (tertiary/aromatic N) is 16. The quantitative estimate of drug-likeness (QED) is 0.0455. The van der Waals surface area contributed by atoms with E-state index in [-0.39, 0.29) is 73.6 Å². The van der Waals surface area contributed by atoms with E-state index in [4.69, 9.17) is 40.4 Å². The predicted molar refractivity (Wildman–Crippen MR) is 548 cm³/mol. The Kier molecular flexibility index (Phi) is 38.7. The molecule has 1 unspecified atom stereocenters. The molecule has 0 saturated carbocycles. The molecule has 20 rings (SSSR count). The molecule has 143 heavy (non-hydrogen) atoms. The van der Waals surface area contributed by atoms with Gasteiger partial charge in [0, 0.05) is 188 Å². The van der Waals surface area contributed by atoms with Crippen molar-refractivity contribution in [2.24, 2.45) is 35.5 Å². The highest BCUT2D eigenvalue weighted by Gasteiger charge is 2.39. The first-order valence-electron chi connectivity index (χ1n) is 55.2. The molecule has 15 heterocycles. The Hall–Kier alpha value is -10.1. The number of hydrogen-bond donors (Lipinski definition) is 5. The number of anilines is 1. The van der Waals surface area contributed by atoms with Crippen LogP contribution in [-0.2, 0) is 115 Å². The molecule has 4 aromatic heterocycles. The number of amides is 7. The van der Waals surface area contributed by atoms with E-state index in [9.17, 15) is 47.9 Å². The summed E-state index contributed by atoms with van der Waals surface area (Å²) in [6, 6.07) is 25.2. The van der Waals surface area contributed by atoms with E-state index in [1.54, 1.807) is 12.5 Å². The SMILES string of the molecule is CC(=O)CN1CCN(C(=O)N2CCC(c3ccc4c(n3)NCCC4)CC2)CC1.O=C(O)CN1CCC(C(=O)N2CCC(Cc3ccc4c(n3)CCCC4)CC2)CC1.O=C(O)CN1CCC(C(=O)N2CCC(c3ccc4c(c3)CCCC4)CC2)CC1.O=C(O)CN1CCC(C(=O)N2CCCC(Cc3ccc4c(n3)CCCC4)C2)CC1.O=C(O)CN1CCN(C(=O)N2CCC(Cc3ccc4c(n3)CCCC4)CC2)CC1. The molecular weight excluding hydrogens is 1810 g/mol. The van der Waals surface area contributed by atoms with Crippen molar-refractivity contribution in [1.82, 2.24) is 78.7 Å². The van der Waals surface area contributed by atoms with Crippen LogP contribution in [0.2, 0.25) is 0 Å². The first kappa shape index (κ1) is 106. The predicted octanol–water partition coefficient (Wildman–Crippen LogP) is 12.1. The van der Waals surface area contributed by atoms with Gasteiger partial charge in [0.1, 0.15) is 11.6 Å². The van der Waals surface area contributed by atoms with Crippen LogP contribution in [0.1, 0.15) is 258 Å². The number of carboxylic acids is 4. The number of rotatable bonds is 21. The largest absolute Gasteiger partial charge is 0.480 e. The number of likely N-dealkylation sites (tertiary alicyclic amines) is 8. The molecule has 10 fully saturated rings. The van der Waals surface area contributed by atoms with Gasteiger partial charge < -0.3 is 60.0 Å². The molecule has 7 amide bonds. The van der Waals surface area contributed by atoms with Gasteiger partial charge in [-0.2, -0.15) is 0 Å². The highest BCUT2D eigenvalue weighted by molar-refractivity contribution is 5.81. The van der Waals surface area contributed by atoms with Crippen LogP contribution < -0.4 is 5.32 Å². The molecule has 0 bridgehead atoms. The van der Waals surface area contributed by atoms with E-state index in [1.807, 2.05) is 44.1 Å². The third-order valence-electron chi connectivity index (χ3n) is 33.6. The number of carbonyl (C=O) groups excluding carboxylic acids is 6. The Labute approximate surface area is 846 Å². The molecule has 5 aromatic rings. The molecule has 1 aromatic carbocycles. The lowest BCUT2D eigenvalue weighted by Crippen LogP contribution is -2.54. The molecule has 5 N–H and O–H groups in total. The average Bonchev–Trinajstić information content (AvgIpc) is 0.817. The first-order valence-corrected chi connectivity index (χ1v) is 55.2. The number of aliphatic carboxylic acids is 4. The average molecular weight is 1970 g/mol. The van der Waals surface area contributed by atoms with Crippen LogP contribution >= 0.6 is 0 Å². The standard InChI is InChI=1S/2C23H33N3O3.C23H32N2O3.C22H32N4O3.C21H31N5O2/c27-22(28)16-25-12-9-19(10-13-25)23(29)26-11-3-4-17(15-26)14-20-8-7-18-5-1-2-6-21(18)24-20;27-22(28)16-25-11-9-19(10-12-25)23(29)26-13-7-17(8-14-26)15-20-6-5-18-3-1-2-4-21(18)24-20;26-22(27)16-24-11-7-19(8-12-24)23(28)25-13-9-18(10-14-25)21-6-5-17-3-1-2-4-20(17)15-21;27-21(28)16-24-11-13-26(14-12-24)22(29)25-9-7-17(8-10-25)15-19-6-5-18-3-1-2-4-20(18)23-19;1-16(27)15-24-11-13-26(14-12-24)21(28)25-9-6-17(7-10-25)19-5-4-18-3-2-8-22-20(18)23-19/h7-8,17,19H,1-6,9-16H2,(H,27,28);5-6,17,19H,1-4,7-16H2,(H,27,28);5-6,15,18-19H,1-4,7-14,16H2,(H,26,27);5-6,17H,1-4,7-16H2,(H,27,28);4-5,17H,2-3,6-15H2,1H3,(H,22,23). The van der Waals surface area contributed by atoms with Crippen LogP contribution in [-0.4, -0.2) is 355 Å². The second-order valence-corrected chi connectivity index (χ2v) is 43.8. The van der Waals surface area contributed by atoms with Crippen molar-refractivity contribution in [3.63, 3.8) is 0 Å². The highest BCUT2D eigenvalue weighted by atomic mass is 16.4. The number of piperidine rings is 8. The van der Waals surface area contributed by atoms with Gasteiger partial charge in [-0.3, -0.25) is 77.8 Å². The molecule has 4 aliphatic carbocycles. The minimum absolute atomic E-state index is 0.0562. The van der Waals surface area contributed by atoms with Gasteiger partial charge in [-0.05, 0) is 371 Å². The second kappa shape index (κ2) is 52.3. The van der Waals surface area contributed by atoms with E-state index in [0.717, 1.165) is 238 Å². The lowest BCUT2D eigenvalue weighted by atomic mass is 9.84. The van der Waals surface area contributed by atoms with E-state index in [2.05, 4.69) is 86.7 Å². The summed E-state index contributed by atoms with van der Waals surface area (Å²) in [4.78, 5) is 163. The number of nitrogens with one attached hydrogen (secondary N) is 1. The summed E-state index contributed by atoms with van der Waals surface area (Å²) in [7, 11) is 0. The number of fused-ring (bicyclic) bond motifs is 5. The van der Waals surface area contributed by atoms with Gasteiger partial charge in [0.2, 0.25) is 17.7 Å². The molecule has 15 aliphatic rings. The summed E-state index contributed by atoms with van der Waals surface area (Å²) in [6.45, 7) is 21.5. The number of ketones is 1. The fraction of sp³-hybridized carbons (Fsp3) is 0.679. The minimum Gasteiger partial charge on any atom is -0.480 e. The Balaban J connectivity index is 0.000000128. The molecule has 0 radical (unpaired) electrons. The summed E-state index contributed by atoms with van der Waals surface area (Å²) < 4.78 is 0. The molecule has 0 spiro atoms. The number of Topliss-reactive ketones (excluding diaryl/α,β-unsaturated/α-hetero) is 1. The van der Waals surface area contributed by atoms with Crippen molar-refractivity contribution in [2.75, 3.05) is 202 Å². The lowest BCUT2D eigenvalue weighted by Gasteiger charge is -2.39. The highest BCUT2D eigenvalue weighted by Crippen LogP contribution is 2.38. The van der Waals surface area contributed by atoms with Crippen LogP contribution in [0.4, 0.5) is 15.4 Å². The van der Waals surface area contributed by atoms with Crippen molar-refractivity contribution in [1.29, 1.82) is 0 Å². The molecule has 31 nitrogen and oxygen atoms in total. The third kappa shape index (κ3) is 30.6. The minimum atomic E-state index is -0.805. The number of urea groups is 2. The monoisotopic (exact) mass is 1970 g/mol. The van der Waals surface area contributed by atoms with E-state index >= 15 is 0 Å². The van der Waals surface area contributed by atoms with Crippen LogP contribution in [0, 0.1) is 35.5 Å². The van der Waals surface area contributed by atoms with Gasteiger partial charge >= 0.3 is 35.9 Å². The molecule has 1 atom stereocenters. The number of piperazine rings is 2. The van der Waals surface area contributed by atoms with Crippen LogP contribution in [0.5, 0.6) is 0 Å². The summed E-state index contributed by atoms with van der Waals surface area (Å²) in [5.74, 6) is 1.86. The van der Waals surface area contributed by atoms with Crippen molar-refractivity contribution >= 4 is 65.3 Å². The molecule has 778 valence electrons. The number of pyridine rings is 4. The molecule has 31 heteroatoms. The fourth-order valence-corrected chi connectivity index (χ4v) is 25.1. The summed E-state index contributed by atoms with van der Waals surface area (Å²) in [5, 5.41) is 39.1. The van der Waals surface area contributed by atoms with Crippen molar-refractivity contribution in [3.05, 3.63) is 146 Å². The van der Waals surface area contributed by atoms with Crippen molar-refractivity contribution in [2.45, 2.75) is 256 Å². The Morgan fingerprint density at radius 1 is 0.294 bits per heavy atom. The first-order chi connectivity index (χ1) is 69.4. The Bertz CT molecular complexity index is 4850. The summed E-state index contributed by atoms with van der Waals surface area (Å²) in [5.41, 5.74) is 18.9. The number of carbonyl (C=O) groups is 10. The number of benzene rings is 1. The van der Waals surface area contributed by atoms with Gasteiger partial charge in [-0.15, -0.1) is 0 Å². The topological polar surface area (TPSA) is 354 Å². The summed E-state index contributed by atoms with van der Waals surface area (Å²) >= 11 is 0. The Morgan fingerprint density at radius 3 is 1.07 bits per heavy atom. The van der Waals surface area contributed by atoms with E-state index in [0.29, 0.717) is 121 Å². The molecule has 10 saturated heterocycles. The van der Waals surface area contributed by atoms with Crippen molar-refractivity contribution in [3.8, 4) is 0 Å². The zero-order chi connectivity index (χ0) is 99.7. The van der Waals surface area contributed by atoms with Crippen molar-refractivity contribution < 1.29 is 68.4 Å². The fourth-order valence-electron chi connectivity index (χ4n) is 25.1. The maximum Gasteiger partial charge on any atom is 0.320 e. The second-order valence-electron chi connectivity index (χ2n) is 43.8.